The summed E-state index contributed by atoms with van der Waals surface area (Å²) < 4.78 is 0. The van der Waals surface area contributed by atoms with Gasteiger partial charge in [0.05, 0.1) is 16.2 Å². The van der Waals surface area contributed by atoms with Crippen molar-refractivity contribution in [1.29, 1.82) is 0 Å². The molecule has 0 unspecified atom stereocenters. The molecule has 0 heterocycles. The van der Waals surface area contributed by atoms with Crippen LogP contribution >= 0.6 is 23.8 Å². The van der Waals surface area contributed by atoms with Gasteiger partial charge in [-0.05, 0) is 57.3 Å². The Bertz CT molecular complexity index is 988. The number of para-hydroxylation sites is 1. The number of benzene rings is 2. The van der Waals surface area contributed by atoms with Crippen molar-refractivity contribution in [3.8, 4) is 0 Å². The van der Waals surface area contributed by atoms with E-state index in [4.69, 9.17) is 23.8 Å². The second kappa shape index (κ2) is 8.97. The van der Waals surface area contributed by atoms with Crippen LogP contribution in [-0.2, 0) is 0 Å². The van der Waals surface area contributed by atoms with Gasteiger partial charge in [0.15, 0.2) is 5.11 Å². The third kappa shape index (κ3) is 6.23. The summed E-state index contributed by atoms with van der Waals surface area (Å²) in [5.74, 6) is -0.957. The van der Waals surface area contributed by atoms with Crippen LogP contribution in [0.1, 0.15) is 41.5 Å². The second-order valence-electron chi connectivity index (χ2n) is 7.08. The SMILES string of the molecule is CC(C)(C)NC(=O)c1ccccc1NC(=S)NC(=O)c1ccc(Cl)c([N+](=O)[O-])c1. The molecule has 0 aliphatic carbocycles. The number of carbonyl (C=O) groups is 2. The Morgan fingerprint density at radius 3 is 2.38 bits per heavy atom. The summed E-state index contributed by atoms with van der Waals surface area (Å²) in [5.41, 5.74) is -0.0448. The van der Waals surface area contributed by atoms with E-state index in [9.17, 15) is 19.7 Å². The summed E-state index contributed by atoms with van der Waals surface area (Å²) in [6.07, 6.45) is 0. The van der Waals surface area contributed by atoms with E-state index in [0.717, 1.165) is 6.07 Å². The van der Waals surface area contributed by atoms with Gasteiger partial charge in [-0.3, -0.25) is 25.0 Å². The van der Waals surface area contributed by atoms with Crippen LogP contribution in [0.5, 0.6) is 0 Å². The van der Waals surface area contributed by atoms with E-state index in [1.807, 2.05) is 20.8 Å². The van der Waals surface area contributed by atoms with Gasteiger partial charge in [0, 0.05) is 17.2 Å². The Hall–Kier alpha value is -3.04. The molecule has 0 atom stereocenters. The smallest absolute Gasteiger partial charge is 0.288 e. The highest BCUT2D eigenvalue weighted by atomic mass is 35.5. The second-order valence-corrected chi connectivity index (χ2v) is 7.90. The Morgan fingerprint density at radius 1 is 1.10 bits per heavy atom. The van der Waals surface area contributed by atoms with Gasteiger partial charge in [-0.1, -0.05) is 23.7 Å². The number of hydrogen-bond donors (Lipinski definition) is 3. The average Bonchev–Trinajstić information content (AvgIpc) is 2.60. The fraction of sp³-hybridized carbons (Fsp3) is 0.211. The lowest BCUT2D eigenvalue weighted by Gasteiger charge is -2.21. The summed E-state index contributed by atoms with van der Waals surface area (Å²) in [5, 5.41) is 18.9. The molecule has 2 aromatic rings. The van der Waals surface area contributed by atoms with Gasteiger partial charge in [0.2, 0.25) is 0 Å². The molecule has 0 aliphatic heterocycles. The van der Waals surface area contributed by atoms with Crippen molar-refractivity contribution in [2.45, 2.75) is 26.3 Å². The Labute approximate surface area is 177 Å². The number of thiocarbonyl (C=S) groups is 1. The number of nitro benzene ring substituents is 1. The van der Waals surface area contributed by atoms with Gasteiger partial charge in [0.25, 0.3) is 17.5 Å². The molecule has 2 rings (SSSR count). The number of anilines is 1. The number of rotatable bonds is 4. The molecule has 0 aromatic heterocycles. The predicted octanol–water partition coefficient (Wildman–Crippen LogP) is 3.90. The van der Waals surface area contributed by atoms with E-state index in [0.29, 0.717) is 11.3 Å². The molecule has 29 heavy (non-hydrogen) atoms. The minimum absolute atomic E-state index is 0.0176. The summed E-state index contributed by atoms with van der Waals surface area (Å²) in [7, 11) is 0. The first-order chi connectivity index (χ1) is 13.5. The number of nitro groups is 1. The lowest BCUT2D eigenvalue weighted by molar-refractivity contribution is -0.384. The summed E-state index contributed by atoms with van der Waals surface area (Å²) >= 11 is 10.9. The highest BCUT2D eigenvalue weighted by Crippen LogP contribution is 2.25. The molecule has 3 N–H and O–H groups in total. The van der Waals surface area contributed by atoms with Gasteiger partial charge < -0.3 is 10.6 Å². The molecule has 0 radical (unpaired) electrons. The molecule has 0 spiro atoms. The van der Waals surface area contributed by atoms with Gasteiger partial charge in [-0.25, -0.2) is 0 Å². The molecular formula is C19H19ClN4O4S. The fourth-order valence-electron chi connectivity index (χ4n) is 2.32. The molecule has 2 aromatic carbocycles. The summed E-state index contributed by atoms with van der Waals surface area (Å²) in [6.45, 7) is 5.57. The maximum Gasteiger partial charge on any atom is 0.288 e. The monoisotopic (exact) mass is 434 g/mol. The Kier molecular flexibility index (Phi) is 6.89. The zero-order valence-electron chi connectivity index (χ0n) is 15.9. The molecule has 0 saturated heterocycles. The molecule has 0 bridgehead atoms. The minimum Gasteiger partial charge on any atom is -0.347 e. The van der Waals surface area contributed by atoms with Gasteiger partial charge in [0.1, 0.15) is 5.02 Å². The van der Waals surface area contributed by atoms with Crippen molar-refractivity contribution in [3.05, 3.63) is 68.7 Å². The minimum atomic E-state index is -0.681. The van der Waals surface area contributed by atoms with E-state index < -0.39 is 16.4 Å². The molecule has 2 amide bonds. The lowest BCUT2D eigenvalue weighted by atomic mass is 10.1. The van der Waals surface area contributed by atoms with E-state index in [1.54, 1.807) is 24.3 Å². The maximum atomic E-state index is 12.5. The summed E-state index contributed by atoms with van der Waals surface area (Å²) in [4.78, 5) is 35.1. The summed E-state index contributed by atoms with van der Waals surface area (Å²) in [6, 6.07) is 10.3. The number of nitrogens with one attached hydrogen (secondary N) is 3. The highest BCUT2D eigenvalue weighted by molar-refractivity contribution is 7.80. The van der Waals surface area contributed by atoms with Crippen LogP contribution in [0.15, 0.2) is 42.5 Å². The topological polar surface area (TPSA) is 113 Å². The molecule has 0 saturated carbocycles. The van der Waals surface area contributed by atoms with Crippen molar-refractivity contribution >= 4 is 52.1 Å². The Morgan fingerprint density at radius 2 is 1.76 bits per heavy atom. The third-order valence-electron chi connectivity index (χ3n) is 3.54. The van der Waals surface area contributed by atoms with Crippen molar-refractivity contribution in [1.82, 2.24) is 10.6 Å². The van der Waals surface area contributed by atoms with E-state index >= 15 is 0 Å². The van der Waals surface area contributed by atoms with Crippen LogP contribution in [-0.4, -0.2) is 27.4 Å². The molecule has 10 heteroatoms. The number of carbonyl (C=O) groups excluding carboxylic acids is 2. The standard InChI is InChI=1S/C19H19ClN4O4S/c1-19(2,3)23-17(26)12-6-4-5-7-14(12)21-18(29)22-16(25)11-8-9-13(20)15(10-11)24(27)28/h4-10H,1-3H3,(H,23,26)(H2,21,22,25,29). The van der Waals surface area contributed by atoms with Crippen molar-refractivity contribution in [2.24, 2.45) is 0 Å². The highest BCUT2D eigenvalue weighted by Gasteiger charge is 2.20. The molecule has 0 aliphatic rings. The number of amides is 2. The lowest BCUT2D eigenvalue weighted by Crippen LogP contribution is -2.41. The zero-order valence-corrected chi connectivity index (χ0v) is 17.5. The predicted molar refractivity (Wildman–Crippen MR) is 115 cm³/mol. The van der Waals surface area contributed by atoms with Crippen LogP contribution in [0.3, 0.4) is 0 Å². The Balaban J connectivity index is 2.14. The average molecular weight is 435 g/mol. The van der Waals surface area contributed by atoms with Crippen LogP contribution in [0.4, 0.5) is 11.4 Å². The zero-order chi connectivity index (χ0) is 21.8. The molecule has 0 fully saturated rings. The van der Waals surface area contributed by atoms with E-state index in [1.165, 1.54) is 12.1 Å². The number of nitrogens with zero attached hydrogens (tertiary/aromatic N) is 1. The molecular weight excluding hydrogens is 416 g/mol. The largest absolute Gasteiger partial charge is 0.347 e. The van der Waals surface area contributed by atoms with Gasteiger partial charge in [-0.15, -0.1) is 0 Å². The quantitative estimate of drug-likeness (QED) is 0.382. The number of hydrogen-bond acceptors (Lipinski definition) is 5. The molecule has 152 valence electrons. The van der Waals surface area contributed by atoms with Crippen molar-refractivity contribution < 1.29 is 14.5 Å². The normalized spacial score (nSPS) is 10.8. The van der Waals surface area contributed by atoms with Crippen LogP contribution in [0.25, 0.3) is 0 Å². The first kappa shape index (κ1) is 22.3. The van der Waals surface area contributed by atoms with Crippen LogP contribution < -0.4 is 16.0 Å². The van der Waals surface area contributed by atoms with Crippen molar-refractivity contribution in [3.63, 3.8) is 0 Å². The van der Waals surface area contributed by atoms with Crippen LogP contribution in [0.2, 0.25) is 5.02 Å². The molecule has 8 nitrogen and oxygen atoms in total. The van der Waals surface area contributed by atoms with E-state index in [-0.39, 0.29) is 27.3 Å². The van der Waals surface area contributed by atoms with Gasteiger partial charge >= 0.3 is 0 Å². The van der Waals surface area contributed by atoms with E-state index in [2.05, 4.69) is 16.0 Å². The third-order valence-corrected chi connectivity index (χ3v) is 4.06. The first-order valence-electron chi connectivity index (χ1n) is 8.46. The fourth-order valence-corrected chi connectivity index (χ4v) is 2.71. The maximum absolute atomic E-state index is 12.5. The van der Waals surface area contributed by atoms with Crippen LogP contribution in [0, 0.1) is 10.1 Å². The van der Waals surface area contributed by atoms with Gasteiger partial charge in [-0.2, -0.15) is 0 Å². The van der Waals surface area contributed by atoms with Crippen molar-refractivity contribution in [2.75, 3.05) is 5.32 Å². The first-order valence-corrected chi connectivity index (χ1v) is 9.24. The number of halogens is 1.